The van der Waals surface area contributed by atoms with Crippen LogP contribution in [0.2, 0.25) is 0 Å². The summed E-state index contributed by atoms with van der Waals surface area (Å²) in [5, 5.41) is 12.2. The molecule has 0 heterocycles. The van der Waals surface area contributed by atoms with E-state index in [-0.39, 0.29) is 34.8 Å². The molecule has 0 unspecified atom stereocenters. The number of aliphatic hydroxyl groups is 1. The van der Waals surface area contributed by atoms with Crippen molar-refractivity contribution in [1.29, 1.82) is 0 Å². The number of hydrogen-bond acceptors (Lipinski definition) is 5. The molecule has 2 N–H and O–H groups in total. The first-order chi connectivity index (χ1) is 16.4. The molecule has 3 rings (SSSR count). The maximum absolute atomic E-state index is 15.7. The van der Waals surface area contributed by atoms with Gasteiger partial charge in [-0.25, -0.2) is 18.0 Å². The average molecular weight is 494 g/mol. The maximum Gasteiger partial charge on any atom is 0.408 e. The Bertz CT molecular complexity index is 1110. The normalized spacial score (nSPS) is 14.4. The highest BCUT2D eigenvalue weighted by Crippen LogP contribution is 2.45. The van der Waals surface area contributed by atoms with Crippen LogP contribution < -0.4 is 5.32 Å². The molecule has 2 aromatic carbocycles. The summed E-state index contributed by atoms with van der Waals surface area (Å²) in [6, 6.07) is 3.29. The summed E-state index contributed by atoms with van der Waals surface area (Å²) in [4.78, 5) is 24.8. The van der Waals surface area contributed by atoms with E-state index in [1.54, 1.807) is 27.7 Å². The van der Waals surface area contributed by atoms with Gasteiger partial charge in [-0.3, -0.25) is 4.79 Å². The summed E-state index contributed by atoms with van der Waals surface area (Å²) in [6.45, 7) is 6.05. The fraction of sp³-hybridized carbons (Fsp3) is 0.462. The van der Waals surface area contributed by atoms with Crippen molar-refractivity contribution in [2.24, 2.45) is 0 Å². The molecule has 0 bridgehead atoms. The summed E-state index contributed by atoms with van der Waals surface area (Å²) in [5.74, 6) is -3.19. The van der Waals surface area contributed by atoms with Crippen molar-refractivity contribution in [2.45, 2.75) is 71.1 Å². The van der Waals surface area contributed by atoms with Gasteiger partial charge in [0.2, 0.25) is 0 Å². The number of aliphatic hydroxyl groups excluding tert-OH is 1. The first kappa shape index (κ1) is 26.5. The van der Waals surface area contributed by atoms with Crippen molar-refractivity contribution >= 4 is 12.1 Å². The zero-order valence-corrected chi connectivity index (χ0v) is 20.2. The Morgan fingerprint density at radius 2 is 1.83 bits per heavy atom. The first-order valence-corrected chi connectivity index (χ1v) is 11.5. The lowest BCUT2D eigenvalue weighted by Crippen LogP contribution is -2.36. The predicted molar refractivity (Wildman–Crippen MR) is 123 cm³/mol. The molecule has 1 aliphatic rings. The van der Waals surface area contributed by atoms with Crippen LogP contribution in [0.5, 0.6) is 0 Å². The molecule has 190 valence electrons. The van der Waals surface area contributed by atoms with E-state index in [0.717, 1.165) is 18.9 Å². The Morgan fingerprint density at radius 3 is 2.40 bits per heavy atom. The number of halogens is 3. The Morgan fingerprint density at radius 1 is 1.14 bits per heavy atom. The van der Waals surface area contributed by atoms with Crippen LogP contribution in [0, 0.1) is 17.5 Å². The second-order valence-corrected chi connectivity index (χ2v) is 9.53. The number of ether oxygens (including phenoxy) is 2. The minimum atomic E-state index is -1.18. The van der Waals surface area contributed by atoms with Gasteiger partial charge in [0, 0.05) is 17.2 Å². The number of nitrogens with one attached hydrogen (secondary N) is 1. The van der Waals surface area contributed by atoms with Gasteiger partial charge in [-0.2, -0.15) is 0 Å². The summed E-state index contributed by atoms with van der Waals surface area (Å²) in [6.07, 6.45) is 0.186. The molecular formula is C26H30F3NO5. The summed E-state index contributed by atoms with van der Waals surface area (Å²) in [5.41, 5.74) is -0.496. The zero-order valence-electron chi connectivity index (χ0n) is 20.2. The Labute approximate surface area is 202 Å². The van der Waals surface area contributed by atoms with E-state index in [4.69, 9.17) is 9.47 Å². The number of carbonyl (C=O) groups excluding carboxylic acids is 2. The van der Waals surface area contributed by atoms with Gasteiger partial charge in [-0.15, -0.1) is 0 Å². The summed E-state index contributed by atoms with van der Waals surface area (Å²) < 4.78 is 54.7. The fourth-order valence-corrected chi connectivity index (χ4v) is 3.91. The van der Waals surface area contributed by atoms with E-state index in [9.17, 15) is 23.5 Å². The van der Waals surface area contributed by atoms with Gasteiger partial charge in [-0.1, -0.05) is 0 Å². The molecule has 0 aliphatic heterocycles. The zero-order chi connectivity index (χ0) is 25.9. The van der Waals surface area contributed by atoms with Crippen molar-refractivity contribution in [1.82, 2.24) is 5.32 Å². The molecule has 1 fully saturated rings. The fourth-order valence-electron chi connectivity index (χ4n) is 3.91. The third kappa shape index (κ3) is 6.75. The molecule has 0 aromatic heterocycles. The number of alkyl carbamates (subject to hydrolysis) is 1. The molecule has 1 atom stereocenters. The van der Waals surface area contributed by atoms with E-state index in [1.807, 2.05) is 0 Å². The second kappa shape index (κ2) is 10.7. The lowest BCUT2D eigenvalue weighted by Gasteiger charge is -2.25. The van der Waals surface area contributed by atoms with Gasteiger partial charge in [0.05, 0.1) is 25.7 Å². The van der Waals surface area contributed by atoms with Crippen LogP contribution in [-0.4, -0.2) is 29.4 Å². The monoisotopic (exact) mass is 493 g/mol. The number of rotatable bonds is 8. The van der Waals surface area contributed by atoms with Crippen molar-refractivity contribution in [3.05, 3.63) is 58.4 Å². The number of hydrogen-bond donors (Lipinski definition) is 2. The molecule has 1 saturated carbocycles. The van der Waals surface area contributed by atoms with Gasteiger partial charge < -0.3 is 19.9 Å². The second-order valence-electron chi connectivity index (χ2n) is 9.53. The van der Waals surface area contributed by atoms with Crippen LogP contribution in [-0.2, 0) is 20.9 Å². The Hall–Kier alpha value is -3.07. The highest BCUT2D eigenvalue weighted by Gasteiger charge is 2.33. The first-order valence-electron chi connectivity index (χ1n) is 11.5. The molecule has 1 aliphatic carbocycles. The minimum Gasteiger partial charge on any atom is -0.466 e. The van der Waals surface area contributed by atoms with Crippen LogP contribution in [0.4, 0.5) is 18.0 Å². The quantitative estimate of drug-likeness (QED) is 0.464. The van der Waals surface area contributed by atoms with Crippen LogP contribution in [0.25, 0.3) is 11.1 Å². The van der Waals surface area contributed by atoms with Crippen LogP contribution >= 0.6 is 0 Å². The molecular weight excluding hydrogens is 463 g/mol. The molecule has 6 nitrogen and oxygen atoms in total. The van der Waals surface area contributed by atoms with Gasteiger partial charge >= 0.3 is 12.1 Å². The van der Waals surface area contributed by atoms with Crippen molar-refractivity contribution in [3.63, 3.8) is 0 Å². The van der Waals surface area contributed by atoms with Crippen LogP contribution in [0.15, 0.2) is 24.3 Å². The van der Waals surface area contributed by atoms with Gasteiger partial charge in [0.25, 0.3) is 0 Å². The predicted octanol–water partition coefficient (Wildman–Crippen LogP) is 5.66. The van der Waals surface area contributed by atoms with Crippen LogP contribution in [0.1, 0.15) is 75.6 Å². The highest BCUT2D eigenvalue weighted by molar-refractivity contribution is 5.75. The van der Waals surface area contributed by atoms with E-state index in [1.165, 1.54) is 12.1 Å². The van der Waals surface area contributed by atoms with E-state index in [0.29, 0.717) is 11.6 Å². The van der Waals surface area contributed by atoms with Crippen molar-refractivity contribution in [3.8, 4) is 11.1 Å². The largest absolute Gasteiger partial charge is 0.466 e. The number of amides is 1. The minimum absolute atomic E-state index is 0.0103. The third-order valence-corrected chi connectivity index (χ3v) is 5.48. The molecule has 0 radical (unpaired) electrons. The van der Waals surface area contributed by atoms with E-state index < -0.39 is 54.2 Å². The Balaban J connectivity index is 2.14. The topological polar surface area (TPSA) is 84.9 Å². The van der Waals surface area contributed by atoms with Gasteiger partial charge in [0.15, 0.2) is 0 Å². The number of esters is 1. The van der Waals surface area contributed by atoms with Crippen molar-refractivity contribution < 1.29 is 37.3 Å². The van der Waals surface area contributed by atoms with Gasteiger partial charge in [0.1, 0.15) is 23.1 Å². The highest BCUT2D eigenvalue weighted by atomic mass is 19.1. The maximum atomic E-state index is 15.7. The number of carbonyl (C=O) groups is 2. The lowest BCUT2D eigenvalue weighted by molar-refractivity contribution is -0.143. The Kier molecular flexibility index (Phi) is 8.10. The SMILES string of the molecule is CCOC(=O)C[C@H](NC(=O)OC(C)(C)C)c1cc(-c2c(F)cc(F)cc2CO)cc(C2CC2)c1F. The lowest BCUT2D eigenvalue weighted by atomic mass is 9.90. The van der Waals surface area contributed by atoms with Gasteiger partial charge in [-0.05, 0) is 81.3 Å². The summed E-state index contributed by atoms with van der Waals surface area (Å²) in [7, 11) is 0. The van der Waals surface area contributed by atoms with Crippen LogP contribution in [0.3, 0.4) is 0 Å². The third-order valence-electron chi connectivity index (χ3n) is 5.48. The molecule has 0 saturated heterocycles. The molecule has 0 spiro atoms. The van der Waals surface area contributed by atoms with E-state index >= 15 is 4.39 Å². The molecule has 9 heteroatoms. The van der Waals surface area contributed by atoms with Crippen molar-refractivity contribution in [2.75, 3.05) is 6.61 Å². The van der Waals surface area contributed by atoms with E-state index in [2.05, 4.69) is 5.32 Å². The smallest absolute Gasteiger partial charge is 0.408 e. The molecule has 2 aromatic rings. The average Bonchev–Trinajstić information content (AvgIpc) is 3.57. The standard InChI is InChI=1S/C26H30F3NO5/c1-5-34-22(32)12-21(30-25(33)35-26(2,3)4)19-10-15(9-18(24(19)29)14-6-7-14)23-16(13-31)8-17(27)11-20(23)28/h8-11,14,21,31H,5-7,12-13H2,1-4H3,(H,30,33)/t21-/m0/s1. The molecule has 35 heavy (non-hydrogen) atoms. The summed E-state index contributed by atoms with van der Waals surface area (Å²) >= 11 is 0. The number of benzene rings is 2. The molecule has 1 amide bonds.